The van der Waals surface area contributed by atoms with E-state index in [1.165, 1.54) is 12.8 Å². The first-order valence-electron chi connectivity index (χ1n) is 9.01. The molecule has 0 aliphatic heterocycles. The third-order valence-corrected chi connectivity index (χ3v) is 4.43. The minimum Gasteiger partial charge on any atom is -0.474 e. The van der Waals surface area contributed by atoms with E-state index in [4.69, 9.17) is 4.74 Å². The van der Waals surface area contributed by atoms with Crippen molar-refractivity contribution in [1.29, 1.82) is 0 Å². The van der Waals surface area contributed by atoms with Crippen molar-refractivity contribution in [2.75, 3.05) is 13.6 Å². The number of nitrogens with zero attached hydrogens (tertiary/aromatic N) is 3. The highest BCUT2D eigenvalue weighted by Crippen LogP contribution is 2.24. The summed E-state index contributed by atoms with van der Waals surface area (Å²) in [5.41, 5.74) is 1.06. The minimum absolute atomic E-state index is 0. The van der Waals surface area contributed by atoms with Gasteiger partial charge in [0.2, 0.25) is 5.88 Å². The smallest absolute Gasteiger partial charge is 0.218 e. The van der Waals surface area contributed by atoms with Gasteiger partial charge in [-0.3, -0.25) is 4.99 Å². The van der Waals surface area contributed by atoms with Crippen LogP contribution < -0.4 is 15.4 Å². The van der Waals surface area contributed by atoms with Crippen LogP contribution >= 0.6 is 24.0 Å². The molecule has 1 fully saturated rings. The Hall–Kier alpha value is -1.77. The predicted octanol–water partition coefficient (Wildman–Crippen LogP) is 3.19. The summed E-state index contributed by atoms with van der Waals surface area (Å²) in [5.74, 6) is 1.52. The Morgan fingerprint density at radius 2 is 2.00 bits per heavy atom. The molecule has 7 heteroatoms. The van der Waals surface area contributed by atoms with E-state index in [9.17, 15) is 0 Å². The molecule has 1 aliphatic rings. The van der Waals surface area contributed by atoms with Crippen LogP contribution in [0.1, 0.15) is 31.2 Å². The largest absolute Gasteiger partial charge is 0.474 e. The summed E-state index contributed by atoms with van der Waals surface area (Å²) in [5, 5.41) is 6.67. The number of hydrogen-bond donors (Lipinski definition) is 2. The molecule has 1 aliphatic carbocycles. The van der Waals surface area contributed by atoms with Crippen LogP contribution in [0.3, 0.4) is 0 Å². The second kappa shape index (κ2) is 11.1. The van der Waals surface area contributed by atoms with Crippen molar-refractivity contribution in [3.63, 3.8) is 0 Å². The van der Waals surface area contributed by atoms with Gasteiger partial charge in [-0.2, -0.15) is 0 Å². The van der Waals surface area contributed by atoms with Crippen molar-refractivity contribution in [3.05, 3.63) is 48.4 Å². The lowest BCUT2D eigenvalue weighted by atomic mass is 10.2. The van der Waals surface area contributed by atoms with E-state index in [1.54, 1.807) is 13.2 Å². The maximum atomic E-state index is 6.09. The van der Waals surface area contributed by atoms with Gasteiger partial charge in [-0.1, -0.05) is 6.07 Å². The van der Waals surface area contributed by atoms with Gasteiger partial charge in [0.15, 0.2) is 5.96 Å². The van der Waals surface area contributed by atoms with E-state index in [1.807, 2.05) is 18.2 Å². The molecule has 26 heavy (non-hydrogen) atoms. The number of hydrogen-bond acceptors (Lipinski definition) is 3. The molecule has 142 valence electrons. The molecule has 2 aromatic heterocycles. The van der Waals surface area contributed by atoms with Crippen molar-refractivity contribution in [1.82, 2.24) is 20.2 Å². The highest BCUT2D eigenvalue weighted by atomic mass is 127. The molecule has 3 rings (SSSR count). The van der Waals surface area contributed by atoms with Crippen LogP contribution in [0, 0.1) is 0 Å². The van der Waals surface area contributed by atoms with E-state index in [-0.39, 0.29) is 24.0 Å². The first-order chi connectivity index (χ1) is 12.3. The summed E-state index contributed by atoms with van der Waals surface area (Å²) in [4.78, 5) is 8.69. The zero-order valence-electron chi connectivity index (χ0n) is 15.2. The minimum atomic E-state index is 0. The van der Waals surface area contributed by atoms with E-state index in [0.29, 0.717) is 12.6 Å². The molecule has 2 aromatic rings. The zero-order valence-corrected chi connectivity index (χ0v) is 17.6. The molecule has 6 nitrogen and oxygen atoms in total. The molecule has 2 heterocycles. The SMILES string of the molecule is CN=C(NCCn1cccc1)NCc1cccnc1OC1CCCC1.I. The second-order valence-electron chi connectivity index (χ2n) is 6.27. The Kier molecular flexibility index (Phi) is 8.73. The summed E-state index contributed by atoms with van der Waals surface area (Å²) >= 11 is 0. The number of ether oxygens (including phenoxy) is 1. The standard InChI is InChI=1S/C19H27N5O.HI/c1-20-19(22-11-14-24-12-4-5-13-24)23-15-16-7-6-10-21-18(16)25-17-8-2-3-9-17;/h4-7,10,12-13,17H,2-3,8-9,11,14-15H2,1H3,(H2,20,22,23);1H. The van der Waals surface area contributed by atoms with Crippen LogP contribution in [0.5, 0.6) is 5.88 Å². The average Bonchev–Trinajstić information content (AvgIpc) is 3.33. The van der Waals surface area contributed by atoms with Gasteiger partial charge in [-0.15, -0.1) is 24.0 Å². The van der Waals surface area contributed by atoms with E-state index in [0.717, 1.165) is 43.3 Å². The molecular formula is C19H28IN5O. The number of aromatic nitrogens is 2. The molecule has 2 N–H and O–H groups in total. The van der Waals surface area contributed by atoms with E-state index < -0.39 is 0 Å². The normalized spacial score (nSPS) is 14.7. The molecule has 0 amide bonds. The number of nitrogens with one attached hydrogen (secondary N) is 2. The molecule has 0 spiro atoms. The first kappa shape index (κ1) is 20.5. The number of rotatable bonds is 7. The van der Waals surface area contributed by atoms with Gasteiger partial charge in [-0.25, -0.2) is 4.98 Å². The summed E-state index contributed by atoms with van der Waals surface area (Å²) in [7, 11) is 1.78. The fourth-order valence-corrected chi connectivity index (χ4v) is 3.05. The van der Waals surface area contributed by atoms with Crippen molar-refractivity contribution in [2.45, 2.75) is 44.9 Å². The molecule has 1 saturated carbocycles. The second-order valence-corrected chi connectivity index (χ2v) is 6.27. The van der Waals surface area contributed by atoms with Crippen molar-refractivity contribution < 1.29 is 4.74 Å². The lowest BCUT2D eigenvalue weighted by Gasteiger charge is -2.17. The van der Waals surface area contributed by atoms with Crippen LogP contribution in [-0.2, 0) is 13.1 Å². The Morgan fingerprint density at radius 3 is 2.73 bits per heavy atom. The third kappa shape index (κ3) is 6.19. The fraction of sp³-hybridized carbons (Fsp3) is 0.474. The molecule has 0 radical (unpaired) electrons. The molecule has 0 saturated heterocycles. The van der Waals surface area contributed by atoms with Crippen LogP contribution in [-0.4, -0.2) is 35.2 Å². The van der Waals surface area contributed by atoms with Crippen LogP contribution in [0.25, 0.3) is 0 Å². The van der Waals surface area contributed by atoms with Crippen LogP contribution in [0.2, 0.25) is 0 Å². The van der Waals surface area contributed by atoms with Gasteiger partial charge in [-0.05, 0) is 43.9 Å². The predicted molar refractivity (Wildman–Crippen MR) is 115 cm³/mol. The first-order valence-corrected chi connectivity index (χ1v) is 9.01. The highest BCUT2D eigenvalue weighted by Gasteiger charge is 2.18. The van der Waals surface area contributed by atoms with Crippen LogP contribution in [0.4, 0.5) is 0 Å². The lowest BCUT2D eigenvalue weighted by molar-refractivity contribution is 0.199. The lowest BCUT2D eigenvalue weighted by Crippen LogP contribution is -2.38. The van der Waals surface area contributed by atoms with Gasteiger partial charge in [0, 0.05) is 50.8 Å². The summed E-state index contributed by atoms with van der Waals surface area (Å²) in [6, 6.07) is 8.06. The highest BCUT2D eigenvalue weighted by molar-refractivity contribution is 14.0. The van der Waals surface area contributed by atoms with Crippen LogP contribution in [0.15, 0.2) is 47.8 Å². The van der Waals surface area contributed by atoms with E-state index in [2.05, 4.69) is 43.6 Å². The van der Waals surface area contributed by atoms with Gasteiger partial charge in [0.05, 0.1) is 0 Å². The molecule has 0 atom stereocenters. The third-order valence-electron chi connectivity index (χ3n) is 4.43. The molecule has 0 bridgehead atoms. The molecule has 0 unspecified atom stereocenters. The quantitative estimate of drug-likeness (QED) is 0.372. The Labute approximate surface area is 172 Å². The van der Waals surface area contributed by atoms with Crippen molar-refractivity contribution in [2.24, 2.45) is 4.99 Å². The summed E-state index contributed by atoms with van der Waals surface area (Å²) in [6.07, 6.45) is 11.0. The van der Waals surface area contributed by atoms with Crippen molar-refractivity contribution in [3.8, 4) is 5.88 Å². The van der Waals surface area contributed by atoms with Gasteiger partial charge in [0.25, 0.3) is 0 Å². The molecule has 0 aromatic carbocycles. The van der Waals surface area contributed by atoms with Gasteiger partial charge < -0.3 is 19.9 Å². The Morgan fingerprint density at radius 1 is 1.23 bits per heavy atom. The van der Waals surface area contributed by atoms with Gasteiger partial charge >= 0.3 is 0 Å². The zero-order chi connectivity index (χ0) is 17.3. The number of guanidine groups is 1. The maximum Gasteiger partial charge on any atom is 0.218 e. The Bertz CT molecular complexity index is 668. The fourth-order valence-electron chi connectivity index (χ4n) is 3.05. The monoisotopic (exact) mass is 469 g/mol. The van der Waals surface area contributed by atoms with E-state index >= 15 is 0 Å². The summed E-state index contributed by atoms with van der Waals surface area (Å²) in [6.45, 7) is 2.35. The summed E-state index contributed by atoms with van der Waals surface area (Å²) < 4.78 is 8.22. The topological polar surface area (TPSA) is 63.5 Å². The van der Waals surface area contributed by atoms with Crippen molar-refractivity contribution >= 4 is 29.9 Å². The Balaban J connectivity index is 0.00000243. The number of pyridine rings is 1. The average molecular weight is 469 g/mol. The maximum absolute atomic E-state index is 6.09. The number of aliphatic imine (C=N–C) groups is 1. The van der Waals surface area contributed by atoms with Gasteiger partial charge in [0.1, 0.15) is 6.10 Å². The molecular weight excluding hydrogens is 441 g/mol. The number of halogens is 1.